The second kappa shape index (κ2) is 3.42. The molecule has 0 saturated heterocycles. The molecule has 0 fully saturated rings. The highest BCUT2D eigenvalue weighted by molar-refractivity contribution is 5.15. The van der Waals surface area contributed by atoms with E-state index in [0.717, 1.165) is 12.3 Å². The first kappa shape index (κ1) is 8.83. The molecule has 1 N–H and O–H groups in total. The molecule has 0 aliphatic heterocycles. The average Bonchev–Trinajstić information content (AvgIpc) is 2.03. The van der Waals surface area contributed by atoms with Gasteiger partial charge >= 0.3 is 0 Å². The number of hydrogen-bond donors (Lipinski definition) is 1. The van der Waals surface area contributed by atoms with Gasteiger partial charge in [0.05, 0.1) is 11.3 Å². The van der Waals surface area contributed by atoms with Crippen LogP contribution in [0.3, 0.4) is 0 Å². The first-order valence-electron chi connectivity index (χ1n) is 3.20. The summed E-state index contributed by atoms with van der Waals surface area (Å²) in [6.45, 7) is -0.862. The fourth-order valence-corrected chi connectivity index (χ4v) is 0.773. The van der Waals surface area contributed by atoms with E-state index in [4.69, 9.17) is 0 Å². The van der Waals surface area contributed by atoms with Crippen molar-refractivity contribution in [2.75, 3.05) is 0 Å². The van der Waals surface area contributed by atoms with Gasteiger partial charge in [-0.25, -0.2) is 13.2 Å². The van der Waals surface area contributed by atoms with Crippen molar-refractivity contribution in [1.29, 1.82) is 0 Å². The van der Waals surface area contributed by atoms with Crippen LogP contribution in [0, 0.1) is 0 Å². The number of rotatable bonds is 2. The lowest BCUT2D eigenvalue weighted by atomic mass is 10.2. The van der Waals surface area contributed by atoms with Gasteiger partial charge in [-0.3, -0.25) is 4.79 Å². The van der Waals surface area contributed by atoms with E-state index in [0.29, 0.717) is 0 Å². The van der Waals surface area contributed by atoms with Crippen LogP contribution in [-0.2, 0) is 6.67 Å². The molecule has 0 atom stereocenters. The lowest BCUT2D eigenvalue weighted by Crippen LogP contribution is -2.10. The molecule has 0 amide bonds. The van der Waals surface area contributed by atoms with Crippen LogP contribution in [0.1, 0.15) is 17.7 Å². The Hall–Kier alpha value is -1.26. The highest BCUT2D eigenvalue weighted by Gasteiger charge is 2.11. The Morgan fingerprint density at radius 3 is 2.58 bits per heavy atom. The molecule has 1 aromatic heterocycles. The third-order valence-corrected chi connectivity index (χ3v) is 1.38. The zero-order valence-electron chi connectivity index (χ0n) is 5.98. The smallest absolute Gasteiger partial charge is 0.269 e. The van der Waals surface area contributed by atoms with Crippen molar-refractivity contribution in [1.82, 2.24) is 4.98 Å². The van der Waals surface area contributed by atoms with Crippen molar-refractivity contribution in [3.05, 3.63) is 33.7 Å². The zero-order valence-corrected chi connectivity index (χ0v) is 5.98. The number of alkyl halides is 3. The Kier molecular flexibility index (Phi) is 2.52. The van der Waals surface area contributed by atoms with E-state index in [1.54, 1.807) is 0 Å². The molecule has 1 rings (SSSR count). The van der Waals surface area contributed by atoms with Crippen LogP contribution in [0.4, 0.5) is 13.2 Å². The van der Waals surface area contributed by atoms with E-state index in [1.165, 1.54) is 0 Å². The van der Waals surface area contributed by atoms with Crippen molar-refractivity contribution in [2.45, 2.75) is 13.1 Å². The zero-order chi connectivity index (χ0) is 9.14. The molecule has 5 heteroatoms. The third-order valence-electron chi connectivity index (χ3n) is 1.38. The summed E-state index contributed by atoms with van der Waals surface area (Å²) in [5.41, 5.74) is -1.46. The summed E-state index contributed by atoms with van der Waals surface area (Å²) < 4.78 is 35.8. The van der Waals surface area contributed by atoms with Crippen molar-refractivity contribution >= 4 is 0 Å². The van der Waals surface area contributed by atoms with Gasteiger partial charge in [-0.15, -0.1) is 0 Å². The van der Waals surface area contributed by atoms with Gasteiger partial charge in [0.25, 0.3) is 6.43 Å². The van der Waals surface area contributed by atoms with Gasteiger partial charge in [0, 0.05) is 12.3 Å². The number of hydrogen-bond acceptors (Lipinski definition) is 1. The largest absolute Gasteiger partial charge is 0.362 e. The van der Waals surface area contributed by atoms with Crippen molar-refractivity contribution < 1.29 is 13.2 Å². The molecule has 1 heterocycles. The fourth-order valence-electron chi connectivity index (χ4n) is 0.773. The number of nitrogens with one attached hydrogen (secondary N) is 1. The third kappa shape index (κ3) is 1.66. The van der Waals surface area contributed by atoms with Crippen LogP contribution in [-0.4, -0.2) is 4.98 Å². The monoisotopic (exact) mass is 177 g/mol. The Balaban J connectivity index is 3.12. The predicted molar refractivity (Wildman–Crippen MR) is 36.8 cm³/mol. The van der Waals surface area contributed by atoms with E-state index in [2.05, 4.69) is 4.98 Å². The van der Waals surface area contributed by atoms with E-state index >= 15 is 0 Å². The number of halogens is 3. The standard InChI is InChI=1S/C7H6F3NO/c8-2-4-1-6(12)5(3-11-4)7(9)10/h1,3,7H,2H2,(H,11,12). The summed E-state index contributed by atoms with van der Waals surface area (Å²) in [5.74, 6) is 0. The predicted octanol–water partition coefficient (Wildman–Crippen LogP) is 1.78. The molecule has 0 aliphatic carbocycles. The molecule has 2 nitrogen and oxygen atoms in total. The highest BCUT2D eigenvalue weighted by atomic mass is 19.3. The van der Waals surface area contributed by atoms with E-state index in [-0.39, 0.29) is 5.69 Å². The molecule has 66 valence electrons. The first-order chi connectivity index (χ1) is 5.65. The van der Waals surface area contributed by atoms with Crippen LogP contribution in [0.5, 0.6) is 0 Å². The molecule has 0 saturated carbocycles. The second-order valence-corrected chi connectivity index (χ2v) is 2.21. The van der Waals surface area contributed by atoms with Crippen LogP contribution >= 0.6 is 0 Å². The quantitative estimate of drug-likeness (QED) is 0.733. The summed E-state index contributed by atoms with van der Waals surface area (Å²) in [4.78, 5) is 13.0. The van der Waals surface area contributed by atoms with Gasteiger partial charge in [0.2, 0.25) is 0 Å². The van der Waals surface area contributed by atoms with Gasteiger partial charge in [-0.05, 0) is 0 Å². The maximum Gasteiger partial charge on any atom is 0.269 e. The van der Waals surface area contributed by atoms with Crippen molar-refractivity contribution in [2.24, 2.45) is 0 Å². The minimum atomic E-state index is -2.82. The Labute approximate surface area is 66.0 Å². The van der Waals surface area contributed by atoms with Crippen LogP contribution < -0.4 is 5.43 Å². The van der Waals surface area contributed by atoms with Crippen LogP contribution in [0.15, 0.2) is 17.1 Å². The summed E-state index contributed by atoms with van der Waals surface area (Å²) in [7, 11) is 0. The fraction of sp³-hybridized carbons (Fsp3) is 0.286. The molecule has 0 bridgehead atoms. The summed E-state index contributed by atoms with van der Waals surface area (Å²) in [6, 6.07) is 0.835. The molecule has 1 aromatic rings. The van der Waals surface area contributed by atoms with E-state index in [1.807, 2.05) is 0 Å². The average molecular weight is 177 g/mol. The summed E-state index contributed by atoms with van der Waals surface area (Å²) >= 11 is 0. The molecular weight excluding hydrogens is 171 g/mol. The molecular formula is C7H6F3NO. The molecule has 12 heavy (non-hydrogen) atoms. The number of aromatic nitrogens is 1. The lowest BCUT2D eigenvalue weighted by Gasteiger charge is -1.98. The second-order valence-electron chi connectivity index (χ2n) is 2.21. The van der Waals surface area contributed by atoms with Crippen molar-refractivity contribution in [3.63, 3.8) is 0 Å². The van der Waals surface area contributed by atoms with Crippen LogP contribution in [0.25, 0.3) is 0 Å². The van der Waals surface area contributed by atoms with E-state index < -0.39 is 24.1 Å². The molecule has 0 unspecified atom stereocenters. The van der Waals surface area contributed by atoms with Crippen molar-refractivity contribution in [3.8, 4) is 0 Å². The first-order valence-corrected chi connectivity index (χ1v) is 3.20. The molecule has 0 aromatic carbocycles. The maximum atomic E-state index is 11.9. The minimum Gasteiger partial charge on any atom is -0.362 e. The molecule has 0 spiro atoms. The topological polar surface area (TPSA) is 32.9 Å². The van der Waals surface area contributed by atoms with Gasteiger partial charge in [0.1, 0.15) is 6.67 Å². The van der Waals surface area contributed by atoms with E-state index in [9.17, 15) is 18.0 Å². The number of aromatic amines is 1. The summed E-state index contributed by atoms with van der Waals surface area (Å²) in [5, 5.41) is 0. The van der Waals surface area contributed by atoms with Gasteiger partial charge < -0.3 is 4.98 Å². The Morgan fingerprint density at radius 2 is 2.17 bits per heavy atom. The molecule has 0 radical (unpaired) electrons. The van der Waals surface area contributed by atoms with Gasteiger partial charge in [-0.2, -0.15) is 0 Å². The molecule has 0 aliphatic rings. The van der Waals surface area contributed by atoms with Crippen LogP contribution in [0.2, 0.25) is 0 Å². The minimum absolute atomic E-state index is 0.00407. The van der Waals surface area contributed by atoms with Gasteiger partial charge in [-0.1, -0.05) is 0 Å². The lowest BCUT2D eigenvalue weighted by molar-refractivity contribution is 0.149. The van der Waals surface area contributed by atoms with Gasteiger partial charge in [0.15, 0.2) is 5.43 Å². The SMILES string of the molecule is O=c1cc(CF)[nH]cc1C(F)F. The Morgan fingerprint density at radius 1 is 1.50 bits per heavy atom. The Bertz CT molecular complexity index is 321. The number of H-pyrrole nitrogens is 1. The normalized spacial score (nSPS) is 10.7. The summed E-state index contributed by atoms with van der Waals surface area (Å²) in [6.07, 6.45) is -1.98. The number of pyridine rings is 1. The highest BCUT2D eigenvalue weighted by Crippen LogP contribution is 2.13. The maximum absolute atomic E-state index is 11.9.